The van der Waals surface area contributed by atoms with E-state index in [1.165, 1.54) is 12.1 Å². The number of carbonyl (C=O) groups excluding carboxylic acids is 1. The quantitative estimate of drug-likeness (QED) is 0.632. The number of hydrogen-bond donors (Lipinski definition) is 1. The Balaban J connectivity index is 1.93. The van der Waals surface area contributed by atoms with Crippen molar-refractivity contribution in [1.29, 1.82) is 0 Å². The van der Waals surface area contributed by atoms with Crippen molar-refractivity contribution in [2.45, 2.75) is 33.6 Å². The van der Waals surface area contributed by atoms with Gasteiger partial charge in [-0.25, -0.2) is 4.39 Å². The number of carbonyl (C=O) groups is 1. The third-order valence-corrected chi connectivity index (χ3v) is 4.27. The van der Waals surface area contributed by atoms with E-state index in [1.807, 2.05) is 26.8 Å². The van der Waals surface area contributed by atoms with E-state index < -0.39 is 0 Å². The molecule has 3 aromatic rings. The first-order valence-corrected chi connectivity index (χ1v) is 8.52. The number of benzene rings is 2. The minimum absolute atomic E-state index is 0.00999. The minimum atomic E-state index is -0.361. The van der Waals surface area contributed by atoms with Gasteiger partial charge in [-0.05, 0) is 38.0 Å². The third-order valence-electron chi connectivity index (χ3n) is 4.27. The first kappa shape index (κ1) is 17.2. The van der Waals surface area contributed by atoms with E-state index in [9.17, 15) is 9.18 Å². The summed E-state index contributed by atoms with van der Waals surface area (Å²) < 4.78 is 19.1. The minimum Gasteiger partial charge on any atom is -0.493 e. The molecule has 0 unspecified atom stereocenters. The maximum Gasteiger partial charge on any atom is 0.169 e. The first-order valence-electron chi connectivity index (χ1n) is 8.52. The van der Waals surface area contributed by atoms with Crippen LogP contribution in [-0.2, 0) is 6.42 Å². The Labute approximate surface area is 146 Å². The van der Waals surface area contributed by atoms with Crippen LogP contribution in [0.25, 0.3) is 10.9 Å². The highest BCUT2D eigenvalue weighted by molar-refractivity contribution is 6.09. The number of hydrogen-bond acceptors (Lipinski definition) is 2. The molecule has 0 aliphatic rings. The number of fused-ring (bicyclic) bond motifs is 1. The number of aromatic amines is 1. The lowest BCUT2D eigenvalue weighted by Gasteiger charge is -2.10. The molecule has 0 radical (unpaired) electrons. The second kappa shape index (κ2) is 7.09. The Morgan fingerprint density at radius 3 is 2.76 bits per heavy atom. The highest BCUT2D eigenvalue weighted by atomic mass is 19.1. The molecule has 1 aromatic heterocycles. The fourth-order valence-electron chi connectivity index (χ4n) is 3.11. The molecule has 0 aliphatic heterocycles. The largest absolute Gasteiger partial charge is 0.493 e. The molecule has 0 amide bonds. The molecule has 1 heterocycles. The molecule has 0 atom stereocenters. The van der Waals surface area contributed by atoms with Crippen molar-refractivity contribution in [3.05, 3.63) is 64.6 Å². The lowest BCUT2D eigenvalue weighted by molar-refractivity contribution is 0.0993. The molecule has 0 spiro atoms. The maximum absolute atomic E-state index is 13.5. The van der Waals surface area contributed by atoms with Crippen LogP contribution in [0.5, 0.6) is 5.75 Å². The van der Waals surface area contributed by atoms with Gasteiger partial charge in [-0.2, -0.15) is 0 Å². The van der Waals surface area contributed by atoms with Crippen LogP contribution >= 0.6 is 0 Å². The Morgan fingerprint density at radius 2 is 2.00 bits per heavy atom. The summed E-state index contributed by atoms with van der Waals surface area (Å²) in [7, 11) is 0. The van der Waals surface area contributed by atoms with E-state index in [2.05, 4.69) is 11.1 Å². The number of ketones is 1. The molecule has 3 nitrogen and oxygen atoms in total. The molecule has 0 saturated carbocycles. The zero-order valence-electron chi connectivity index (χ0n) is 14.8. The molecule has 0 saturated heterocycles. The number of aryl methyl sites for hydroxylation is 2. The zero-order chi connectivity index (χ0) is 18.0. The lowest BCUT2D eigenvalue weighted by Crippen LogP contribution is -2.06. The fraction of sp³-hybridized carbons (Fsp3) is 0.286. The summed E-state index contributed by atoms with van der Waals surface area (Å²) in [4.78, 5) is 16.0. The molecule has 0 fully saturated rings. The van der Waals surface area contributed by atoms with Crippen LogP contribution in [0.4, 0.5) is 4.39 Å². The zero-order valence-corrected chi connectivity index (χ0v) is 14.8. The van der Waals surface area contributed by atoms with E-state index in [0.717, 1.165) is 28.5 Å². The SMILES string of the molecule is CCCOc1cc(F)ccc1CC(=O)c1c[nH]c2c(C)cc(C)cc12. The molecular formula is C21H22FNO2. The van der Waals surface area contributed by atoms with Crippen molar-refractivity contribution in [2.75, 3.05) is 6.61 Å². The summed E-state index contributed by atoms with van der Waals surface area (Å²) in [6.07, 6.45) is 2.76. The fourth-order valence-corrected chi connectivity index (χ4v) is 3.11. The van der Waals surface area contributed by atoms with Gasteiger partial charge in [-0.3, -0.25) is 4.79 Å². The molecule has 4 heteroatoms. The van der Waals surface area contributed by atoms with E-state index in [0.29, 0.717) is 23.5 Å². The second-order valence-corrected chi connectivity index (χ2v) is 6.41. The standard InChI is InChI=1S/C21H22FNO2/c1-4-7-25-20-11-16(22)6-5-15(20)10-19(24)18-12-23-21-14(3)8-13(2)9-17(18)21/h5-6,8-9,11-12,23H,4,7,10H2,1-3H3. The van der Waals surface area contributed by atoms with Gasteiger partial charge in [0.15, 0.2) is 5.78 Å². The number of aromatic nitrogens is 1. The van der Waals surface area contributed by atoms with Crippen LogP contribution in [0.3, 0.4) is 0 Å². The van der Waals surface area contributed by atoms with Crippen LogP contribution in [0.2, 0.25) is 0 Å². The van der Waals surface area contributed by atoms with Crippen LogP contribution in [0.1, 0.15) is 40.4 Å². The van der Waals surface area contributed by atoms with Crippen molar-refractivity contribution in [3.63, 3.8) is 0 Å². The highest BCUT2D eigenvalue weighted by Crippen LogP contribution is 2.27. The Morgan fingerprint density at radius 1 is 1.20 bits per heavy atom. The monoisotopic (exact) mass is 339 g/mol. The van der Waals surface area contributed by atoms with Gasteiger partial charge in [-0.1, -0.05) is 24.6 Å². The number of H-pyrrole nitrogens is 1. The Bertz CT molecular complexity index is 927. The normalized spacial score (nSPS) is 11.0. The first-order chi connectivity index (χ1) is 12.0. The van der Waals surface area contributed by atoms with Crippen molar-refractivity contribution in [2.24, 2.45) is 0 Å². The average molecular weight is 339 g/mol. The molecule has 130 valence electrons. The van der Waals surface area contributed by atoms with Crippen LogP contribution in [0, 0.1) is 19.7 Å². The van der Waals surface area contributed by atoms with Gasteiger partial charge in [0.2, 0.25) is 0 Å². The molecule has 3 rings (SSSR count). The molecule has 25 heavy (non-hydrogen) atoms. The number of ether oxygens (including phenoxy) is 1. The smallest absolute Gasteiger partial charge is 0.169 e. The number of rotatable bonds is 6. The van der Waals surface area contributed by atoms with Crippen molar-refractivity contribution < 1.29 is 13.9 Å². The van der Waals surface area contributed by atoms with E-state index >= 15 is 0 Å². The molecule has 1 N–H and O–H groups in total. The lowest BCUT2D eigenvalue weighted by atomic mass is 9.99. The third kappa shape index (κ3) is 3.58. The average Bonchev–Trinajstić information content (AvgIpc) is 2.99. The van der Waals surface area contributed by atoms with E-state index in [1.54, 1.807) is 12.3 Å². The van der Waals surface area contributed by atoms with Gasteiger partial charge < -0.3 is 9.72 Å². The van der Waals surface area contributed by atoms with Gasteiger partial charge in [0, 0.05) is 40.7 Å². The van der Waals surface area contributed by atoms with Crippen LogP contribution in [0.15, 0.2) is 36.5 Å². The number of halogens is 1. The van der Waals surface area contributed by atoms with Crippen LogP contribution < -0.4 is 4.74 Å². The molecule has 0 bridgehead atoms. The van der Waals surface area contributed by atoms with Gasteiger partial charge in [0.1, 0.15) is 11.6 Å². The topological polar surface area (TPSA) is 42.1 Å². The summed E-state index contributed by atoms with van der Waals surface area (Å²) in [6, 6.07) is 8.45. The van der Waals surface area contributed by atoms with Gasteiger partial charge >= 0.3 is 0 Å². The summed E-state index contributed by atoms with van der Waals surface area (Å²) in [6.45, 7) is 6.53. The summed E-state index contributed by atoms with van der Waals surface area (Å²) >= 11 is 0. The van der Waals surface area contributed by atoms with Gasteiger partial charge in [-0.15, -0.1) is 0 Å². The predicted octanol–water partition coefficient (Wildman–Crippen LogP) is 5.14. The summed E-state index contributed by atoms with van der Waals surface area (Å²) in [5.74, 6) is 0.0762. The van der Waals surface area contributed by atoms with E-state index in [4.69, 9.17) is 4.74 Å². The number of Topliss-reactive ketones (excluding diaryl/α,β-unsaturated/α-hetero) is 1. The highest BCUT2D eigenvalue weighted by Gasteiger charge is 2.16. The van der Waals surface area contributed by atoms with Crippen molar-refractivity contribution in [1.82, 2.24) is 4.98 Å². The summed E-state index contributed by atoms with van der Waals surface area (Å²) in [5, 5.41) is 0.931. The van der Waals surface area contributed by atoms with Crippen molar-refractivity contribution >= 4 is 16.7 Å². The molecule has 0 aliphatic carbocycles. The maximum atomic E-state index is 13.5. The second-order valence-electron chi connectivity index (χ2n) is 6.41. The number of nitrogens with one attached hydrogen (secondary N) is 1. The predicted molar refractivity (Wildman–Crippen MR) is 98.0 cm³/mol. The van der Waals surface area contributed by atoms with Crippen LogP contribution in [-0.4, -0.2) is 17.4 Å². The summed E-state index contributed by atoms with van der Waals surface area (Å²) in [5.41, 5.74) is 4.58. The Hall–Kier alpha value is -2.62. The molecular weight excluding hydrogens is 317 g/mol. The van der Waals surface area contributed by atoms with Crippen molar-refractivity contribution in [3.8, 4) is 5.75 Å². The van der Waals surface area contributed by atoms with E-state index in [-0.39, 0.29) is 18.0 Å². The Kier molecular flexibility index (Phi) is 4.88. The van der Waals surface area contributed by atoms with Gasteiger partial charge in [0.05, 0.1) is 6.61 Å². The molecule has 2 aromatic carbocycles. The van der Waals surface area contributed by atoms with Gasteiger partial charge in [0.25, 0.3) is 0 Å².